The van der Waals surface area contributed by atoms with Crippen molar-refractivity contribution in [1.29, 1.82) is 0 Å². The number of hydrogen-bond acceptors (Lipinski definition) is 1. The molecule has 38 heavy (non-hydrogen) atoms. The Bertz CT molecular complexity index is 1220. The number of aryl methyl sites for hydroxylation is 1. The highest BCUT2D eigenvalue weighted by atomic mass is 16.5. The van der Waals surface area contributed by atoms with Crippen molar-refractivity contribution in [3.8, 4) is 0 Å². The van der Waals surface area contributed by atoms with Gasteiger partial charge in [-0.05, 0) is 95.0 Å². The Kier molecular flexibility index (Phi) is 8.09. The first kappa shape index (κ1) is 29.7. The predicted octanol–water partition coefficient (Wildman–Crippen LogP) is 10.8. The average Bonchev–Trinajstić information content (AvgIpc) is 2.76. The lowest BCUT2D eigenvalue weighted by Gasteiger charge is -2.32. The molecule has 0 saturated carbocycles. The lowest BCUT2D eigenvalue weighted by Crippen LogP contribution is -2.21. The van der Waals surface area contributed by atoms with E-state index in [0.717, 1.165) is 39.7 Å². The number of rotatable bonds is 3. The summed E-state index contributed by atoms with van der Waals surface area (Å²) in [6.45, 7) is 28.6. The summed E-state index contributed by atoms with van der Waals surface area (Å²) in [6.07, 6.45) is 8.97. The zero-order valence-corrected chi connectivity index (χ0v) is 26.1. The van der Waals surface area contributed by atoms with Gasteiger partial charge in [0.25, 0.3) is 0 Å². The van der Waals surface area contributed by atoms with Crippen LogP contribution in [0.3, 0.4) is 0 Å². The Hall–Kier alpha value is -2.87. The molecular weight excluding hydrogens is 464 g/mol. The van der Waals surface area contributed by atoms with Crippen LogP contribution in [0.5, 0.6) is 0 Å². The quantitative estimate of drug-likeness (QED) is 0.380. The van der Waals surface area contributed by atoms with E-state index in [2.05, 4.69) is 151 Å². The SMILES string of the molecule is Cc1ccc(/C(C=C2C=C(C(C)(C)C)OC(C(C)(C)C)=C2)=C\c2cc(C(C)(C)C)[o+]c(C(C)(C)C)c2)cc1. The number of allylic oxidation sites excluding steroid dienone is 7. The molecule has 2 heterocycles. The molecule has 0 atom stereocenters. The molecular formula is C36H49O2+. The molecule has 1 aliphatic rings. The van der Waals surface area contributed by atoms with Crippen LogP contribution >= 0.6 is 0 Å². The zero-order valence-electron chi connectivity index (χ0n) is 26.1. The van der Waals surface area contributed by atoms with Crippen LogP contribution in [0.2, 0.25) is 0 Å². The molecule has 2 heteroatoms. The summed E-state index contributed by atoms with van der Waals surface area (Å²) >= 11 is 0. The van der Waals surface area contributed by atoms with Gasteiger partial charge >= 0.3 is 11.5 Å². The summed E-state index contributed by atoms with van der Waals surface area (Å²) in [7, 11) is 0. The standard InChI is InChI=1S/C36H49O2/c1-24-14-16-27(17-15-24)28(18-25-20-29(33(2,3)4)37-30(21-25)34(5,6)7)19-26-22-31(35(8,9)10)38-32(23-26)36(11,12)13/h14-23H,1-13H3/q+1. The third-order valence-corrected chi connectivity index (χ3v) is 6.62. The Labute approximate surface area is 232 Å². The minimum absolute atomic E-state index is 0.0955. The van der Waals surface area contributed by atoms with E-state index in [1.165, 1.54) is 11.1 Å². The Morgan fingerprint density at radius 3 is 1.50 bits per heavy atom. The van der Waals surface area contributed by atoms with E-state index in [-0.39, 0.29) is 21.7 Å². The molecule has 1 aromatic heterocycles. The lowest BCUT2D eigenvalue weighted by atomic mass is 9.86. The van der Waals surface area contributed by atoms with Gasteiger partial charge < -0.3 is 4.74 Å². The lowest BCUT2D eigenvalue weighted by molar-refractivity contribution is 0.161. The molecule has 2 aromatic rings. The average molecular weight is 514 g/mol. The highest BCUT2D eigenvalue weighted by Gasteiger charge is 2.34. The number of ether oxygens (including phenoxy) is 1. The van der Waals surface area contributed by atoms with Crippen LogP contribution in [0.1, 0.15) is 111 Å². The van der Waals surface area contributed by atoms with Gasteiger partial charge in [-0.2, -0.15) is 0 Å². The fourth-order valence-electron chi connectivity index (χ4n) is 4.00. The van der Waals surface area contributed by atoms with E-state index in [9.17, 15) is 0 Å². The van der Waals surface area contributed by atoms with Gasteiger partial charge in [0, 0.05) is 23.0 Å². The molecule has 0 spiro atoms. The van der Waals surface area contributed by atoms with Crippen molar-refractivity contribution in [3.05, 3.63) is 99.9 Å². The van der Waals surface area contributed by atoms with Crippen molar-refractivity contribution in [3.63, 3.8) is 0 Å². The molecule has 0 saturated heterocycles. The Morgan fingerprint density at radius 2 is 1.11 bits per heavy atom. The third-order valence-electron chi connectivity index (χ3n) is 6.62. The molecule has 0 aliphatic carbocycles. The minimum Gasteiger partial charge on any atom is -0.465 e. The maximum absolute atomic E-state index is 6.42. The van der Waals surface area contributed by atoms with E-state index < -0.39 is 0 Å². The van der Waals surface area contributed by atoms with Crippen LogP contribution in [0.4, 0.5) is 0 Å². The van der Waals surface area contributed by atoms with E-state index in [4.69, 9.17) is 9.15 Å². The molecule has 0 radical (unpaired) electrons. The smallest absolute Gasteiger partial charge is 0.335 e. The van der Waals surface area contributed by atoms with E-state index in [1.807, 2.05) is 0 Å². The Morgan fingerprint density at radius 1 is 0.658 bits per heavy atom. The van der Waals surface area contributed by atoms with Gasteiger partial charge in [-0.25, -0.2) is 4.42 Å². The monoisotopic (exact) mass is 513 g/mol. The van der Waals surface area contributed by atoms with Gasteiger partial charge in [-0.15, -0.1) is 0 Å². The van der Waals surface area contributed by atoms with Crippen LogP contribution in [0.25, 0.3) is 11.6 Å². The molecule has 2 nitrogen and oxygen atoms in total. The van der Waals surface area contributed by atoms with Crippen molar-refractivity contribution in [1.82, 2.24) is 0 Å². The second kappa shape index (κ2) is 10.4. The summed E-state index contributed by atoms with van der Waals surface area (Å²) in [5.41, 5.74) is 5.49. The summed E-state index contributed by atoms with van der Waals surface area (Å²) < 4.78 is 12.8. The molecule has 0 bridgehead atoms. The second-order valence-electron chi connectivity index (χ2n) is 14.8. The molecule has 0 fully saturated rings. The van der Waals surface area contributed by atoms with E-state index >= 15 is 0 Å². The normalized spacial score (nSPS) is 15.6. The van der Waals surface area contributed by atoms with Crippen molar-refractivity contribution in [2.75, 3.05) is 0 Å². The van der Waals surface area contributed by atoms with Gasteiger partial charge in [-0.3, -0.25) is 0 Å². The maximum atomic E-state index is 6.42. The first-order valence-electron chi connectivity index (χ1n) is 13.9. The molecule has 204 valence electrons. The topological polar surface area (TPSA) is 20.5 Å². The molecule has 0 amide bonds. The fraction of sp³-hybridized carbons (Fsp3) is 0.472. The van der Waals surface area contributed by atoms with Crippen LogP contribution < -0.4 is 0 Å². The zero-order chi connectivity index (χ0) is 28.7. The van der Waals surface area contributed by atoms with E-state index in [1.54, 1.807) is 0 Å². The highest BCUT2D eigenvalue weighted by molar-refractivity contribution is 5.88. The van der Waals surface area contributed by atoms with Gasteiger partial charge in [0.2, 0.25) is 0 Å². The van der Waals surface area contributed by atoms with Gasteiger partial charge in [0.15, 0.2) is 0 Å². The second-order valence-corrected chi connectivity index (χ2v) is 14.8. The molecule has 3 rings (SSSR count). The van der Waals surface area contributed by atoms with Crippen molar-refractivity contribution >= 4 is 11.6 Å². The minimum atomic E-state index is -0.0955. The van der Waals surface area contributed by atoms with Gasteiger partial charge in [0.05, 0.1) is 10.8 Å². The largest absolute Gasteiger partial charge is 0.465 e. The van der Waals surface area contributed by atoms with Crippen molar-refractivity contribution < 1.29 is 9.15 Å². The summed E-state index contributed by atoms with van der Waals surface area (Å²) in [6, 6.07) is 13.2. The van der Waals surface area contributed by atoms with Crippen molar-refractivity contribution in [2.45, 2.75) is 101 Å². The van der Waals surface area contributed by atoms with Gasteiger partial charge in [0.1, 0.15) is 11.5 Å². The van der Waals surface area contributed by atoms with Crippen LogP contribution in [0, 0.1) is 17.8 Å². The van der Waals surface area contributed by atoms with Crippen LogP contribution in [0.15, 0.2) is 76.1 Å². The first-order chi connectivity index (χ1) is 17.2. The number of hydrogen-bond donors (Lipinski definition) is 0. The third kappa shape index (κ3) is 7.59. The molecule has 1 aromatic carbocycles. The first-order valence-corrected chi connectivity index (χ1v) is 13.9. The van der Waals surface area contributed by atoms with Crippen LogP contribution in [-0.2, 0) is 15.6 Å². The Balaban J connectivity index is 2.30. The molecule has 1 aliphatic heterocycles. The summed E-state index contributed by atoms with van der Waals surface area (Å²) in [5, 5.41) is 0. The van der Waals surface area contributed by atoms with Gasteiger partial charge in [-0.1, -0.05) is 71.4 Å². The summed E-state index contributed by atoms with van der Waals surface area (Å²) in [5.74, 6) is 3.96. The van der Waals surface area contributed by atoms with E-state index in [0.29, 0.717) is 0 Å². The molecule has 0 unspecified atom stereocenters. The molecule has 0 N–H and O–H groups in total. The fourth-order valence-corrected chi connectivity index (χ4v) is 4.00. The predicted molar refractivity (Wildman–Crippen MR) is 164 cm³/mol. The maximum Gasteiger partial charge on any atom is 0.335 e. The highest BCUT2D eigenvalue weighted by Crippen LogP contribution is 2.40. The summed E-state index contributed by atoms with van der Waals surface area (Å²) in [4.78, 5) is 0. The van der Waals surface area contributed by atoms with Crippen molar-refractivity contribution in [2.24, 2.45) is 10.8 Å². The number of benzene rings is 1. The van der Waals surface area contributed by atoms with Crippen LogP contribution in [-0.4, -0.2) is 0 Å².